The minimum atomic E-state index is -0.541. The van der Waals surface area contributed by atoms with Crippen molar-refractivity contribution in [3.05, 3.63) is 70.0 Å². The van der Waals surface area contributed by atoms with Crippen LogP contribution in [0.3, 0.4) is 0 Å². The zero-order valence-electron chi connectivity index (χ0n) is 13.3. The second-order valence-corrected chi connectivity index (χ2v) is 5.19. The van der Waals surface area contributed by atoms with Crippen LogP contribution >= 0.6 is 0 Å². The maximum Gasteiger partial charge on any atom is 0.341 e. The van der Waals surface area contributed by atoms with Crippen LogP contribution in [-0.4, -0.2) is 21.9 Å². The van der Waals surface area contributed by atoms with E-state index in [1.807, 2.05) is 0 Å². The molecule has 0 bridgehead atoms. The fraction of sp³-hybridized carbons (Fsp3) is 0.111. The SMILES string of the molecule is CCOC(=O)c1c(-c2ccc([N+](=O)[O-])cc2)c(C#N)n2ccccc12. The lowest BCUT2D eigenvalue weighted by molar-refractivity contribution is -0.384. The van der Waals surface area contributed by atoms with Crippen LogP contribution in [0.2, 0.25) is 0 Å². The minimum Gasteiger partial charge on any atom is -0.462 e. The molecule has 3 aromatic rings. The predicted molar refractivity (Wildman–Crippen MR) is 90.2 cm³/mol. The molecule has 7 heteroatoms. The Morgan fingerprint density at radius 2 is 2.00 bits per heavy atom. The molecule has 0 unspecified atom stereocenters. The quantitative estimate of drug-likeness (QED) is 0.412. The molecule has 124 valence electrons. The summed E-state index contributed by atoms with van der Waals surface area (Å²) in [4.78, 5) is 22.8. The molecular weight excluding hydrogens is 322 g/mol. The Morgan fingerprint density at radius 3 is 2.60 bits per heavy atom. The second kappa shape index (κ2) is 6.45. The summed E-state index contributed by atoms with van der Waals surface area (Å²) in [5, 5.41) is 20.5. The standard InChI is InChI=1S/C18H13N3O4/c1-2-25-18(22)17-14-5-3-4-10-20(14)15(11-19)16(17)12-6-8-13(9-7-12)21(23)24/h3-10H,2H2,1H3. The summed E-state index contributed by atoms with van der Waals surface area (Å²) in [7, 11) is 0. The van der Waals surface area contributed by atoms with E-state index in [1.54, 1.807) is 35.7 Å². The number of carbonyl (C=O) groups excluding carboxylic acids is 1. The van der Waals surface area contributed by atoms with Crippen LogP contribution in [0.15, 0.2) is 48.7 Å². The van der Waals surface area contributed by atoms with Crippen LogP contribution in [0.4, 0.5) is 5.69 Å². The van der Waals surface area contributed by atoms with Crippen LogP contribution in [0.25, 0.3) is 16.6 Å². The Bertz CT molecular complexity index is 1010. The summed E-state index contributed by atoms with van der Waals surface area (Å²) >= 11 is 0. The molecule has 2 heterocycles. The van der Waals surface area contributed by atoms with Crippen molar-refractivity contribution in [2.75, 3.05) is 6.61 Å². The average Bonchev–Trinajstić information content (AvgIpc) is 2.96. The number of pyridine rings is 1. The van der Waals surface area contributed by atoms with Crippen molar-refractivity contribution < 1.29 is 14.5 Å². The van der Waals surface area contributed by atoms with Gasteiger partial charge in [0.25, 0.3) is 5.69 Å². The lowest BCUT2D eigenvalue weighted by Crippen LogP contribution is -2.05. The summed E-state index contributed by atoms with van der Waals surface area (Å²) in [6, 6.07) is 13.1. The Labute approximate surface area is 142 Å². The van der Waals surface area contributed by atoms with E-state index in [-0.39, 0.29) is 23.6 Å². The molecule has 0 aliphatic heterocycles. The third-order valence-electron chi connectivity index (χ3n) is 3.80. The predicted octanol–water partition coefficient (Wildman–Crippen LogP) is 3.56. The van der Waals surface area contributed by atoms with E-state index >= 15 is 0 Å². The number of esters is 1. The third-order valence-corrected chi connectivity index (χ3v) is 3.80. The molecule has 3 rings (SSSR count). The van der Waals surface area contributed by atoms with E-state index in [2.05, 4.69) is 6.07 Å². The van der Waals surface area contributed by atoms with Crippen molar-refractivity contribution >= 4 is 17.2 Å². The number of nitriles is 1. The van der Waals surface area contributed by atoms with Crippen molar-refractivity contribution in [1.82, 2.24) is 4.40 Å². The fourth-order valence-corrected chi connectivity index (χ4v) is 2.76. The molecule has 1 aromatic carbocycles. The highest BCUT2D eigenvalue weighted by molar-refractivity contribution is 6.06. The third kappa shape index (κ3) is 2.70. The van der Waals surface area contributed by atoms with Gasteiger partial charge in [0.05, 0.1) is 22.6 Å². The van der Waals surface area contributed by atoms with Gasteiger partial charge in [-0.25, -0.2) is 4.79 Å². The highest BCUT2D eigenvalue weighted by atomic mass is 16.6. The number of rotatable bonds is 4. The van der Waals surface area contributed by atoms with E-state index < -0.39 is 10.9 Å². The number of nitrogens with zero attached hydrogens (tertiary/aromatic N) is 3. The molecule has 25 heavy (non-hydrogen) atoms. The molecule has 2 aromatic heterocycles. The number of nitro benzene ring substituents is 1. The van der Waals surface area contributed by atoms with Crippen LogP contribution in [0.1, 0.15) is 23.0 Å². The molecule has 0 atom stereocenters. The van der Waals surface area contributed by atoms with Crippen LogP contribution in [-0.2, 0) is 4.74 Å². The second-order valence-electron chi connectivity index (χ2n) is 5.19. The molecule has 0 aliphatic rings. The van der Waals surface area contributed by atoms with Gasteiger partial charge in [0.2, 0.25) is 0 Å². The van der Waals surface area contributed by atoms with E-state index in [0.29, 0.717) is 16.6 Å². The lowest BCUT2D eigenvalue weighted by Gasteiger charge is -2.05. The Balaban J connectivity index is 2.32. The topological polar surface area (TPSA) is 97.6 Å². The van der Waals surface area contributed by atoms with E-state index in [4.69, 9.17) is 4.74 Å². The Kier molecular flexibility index (Phi) is 4.18. The van der Waals surface area contributed by atoms with Crippen LogP contribution in [0, 0.1) is 21.4 Å². The Morgan fingerprint density at radius 1 is 1.28 bits per heavy atom. The molecule has 0 fully saturated rings. The van der Waals surface area contributed by atoms with Gasteiger partial charge in [-0.2, -0.15) is 5.26 Å². The van der Waals surface area contributed by atoms with Gasteiger partial charge in [-0.1, -0.05) is 6.07 Å². The maximum absolute atomic E-state index is 12.5. The van der Waals surface area contributed by atoms with Crippen LogP contribution < -0.4 is 0 Å². The van der Waals surface area contributed by atoms with Crippen LogP contribution in [0.5, 0.6) is 0 Å². The van der Waals surface area contributed by atoms with Gasteiger partial charge >= 0.3 is 5.97 Å². The zero-order valence-corrected chi connectivity index (χ0v) is 13.3. The summed E-state index contributed by atoms with van der Waals surface area (Å²) < 4.78 is 6.76. The number of aromatic nitrogens is 1. The summed E-state index contributed by atoms with van der Waals surface area (Å²) in [5.74, 6) is -0.541. The van der Waals surface area contributed by atoms with E-state index in [1.165, 1.54) is 24.3 Å². The number of fused-ring (bicyclic) bond motifs is 1. The average molecular weight is 335 g/mol. The normalized spacial score (nSPS) is 10.4. The molecule has 0 N–H and O–H groups in total. The molecule has 0 spiro atoms. The molecule has 0 amide bonds. The molecule has 7 nitrogen and oxygen atoms in total. The van der Waals surface area contributed by atoms with Gasteiger partial charge in [0.15, 0.2) is 0 Å². The first-order valence-electron chi connectivity index (χ1n) is 7.53. The van der Waals surface area contributed by atoms with Gasteiger partial charge < -0.3 is 9.14 Å². The highest BCUT2D eigenvalue weighted by Gasteiger charge is 2.25. The minimum absolute atomic E-state index is 0.0660. The maximum atomic E-state index is 12.5. The first kappa shape index (κ1) is 16.2. The summed E-state index contributed by atoms with van der Waals surface area (Å²) in [5.41, 5.74) is 1.96. The largest absolute Gasteiger partial charge is 0.462 e. The van der Waals surface area contributed by atoms with Gasteiger partial charge in [-0.3, -0.25) is 10.1 Å². The molecule has 0 saturated heterocycles. The van der Waals surface area contributed by atoms with Crippen molar-refractivity contribution in [1.29, 1.82) is 5.26 Å². The number of nitro groups is 1. The lowest BCUT2D eigenvalue weighted by atomic mass is 10.0. The number of carbonyl (C=O) groups is 1. The van der Waals surface area contributed by atoms with Gasteiger partial charge in [0.1, 0.15) is 11.8 Å². The number of ether oxygens (including phenoxy) is 1. The van der Waals surface area contributed by atoms with Crippen molar-refractivity contribution in [3.63, 3.8) is 0 Å². The smallest absolute Gasteiger partial charge is 0.341 e. The number of hydrogen-bond acceptors (Lipinski definition) is 5. The Hall–Kier alpha value is -3.66. The van der Waals surface area contributed by atoms with Gasteiger partial charge in [0, 0.05) is 23.9 Å². The summed E-state index contributed by atoms with van der Waals surface area (Å²) in [6.07, 6.45) is 1.69. The number of benzene rings is 1. The van der Waals surface area contributed by atoms with Crippen molar-refractivity contribution in [3.8, 4) is 17.2 Å². The van der Waals surface area contributed by atoms with Crippen molar-refractivity contribution in [2.24, 2.45) is 0 Å². The molecular formula is C18H13N3O4. The van der Waals surface area contributed by atoms with Gasteiger partial charge in [-0.15, -0.1) is 0 Å². The monoisotopic (exact) mass is 335 g/mol. The van der Waals surface area contributed by atoms with E-state index in [0.717, 1.165) is 0 Å². The van der Waals surface area contributed by atoms with Crippen molar-refractivity contribution in [2.45, 2.75) is 6.92 Å². The van der Waals surface area contributed by atoms with E-state index in [9.17, 15) is 20.2 Å². The van der Waals surface area contributed by atoms with Gasteiger partial charge in [-0.05, 0) is 36.8 Å². The highest BCUT2D eigenvalue weighted by Crippen LogP contribution is 2.34. The first-order chi connectivity index (χ1) is 12.1. The number of non-ortho nitro benzene ring substituents is 1. The number of hydrogen-bond donors (Lipinski definition) is 0. The fourth-order valence-electron chi connectivity index (χ4n) is 2.76. The molecule has 0 aliphatic carbocycles. The first-order valence-corrected chi connectivity index (χ1v) is 7.53. The summed E-state index contributed by atoms with van der Waals surface area (Å²) in [6.45, 7) is 1.90. The zero-order chi connectivity index (χ0) is 18.0. The molecule has 0 saturated carbocycles. The molecule has 0 radical (unpaired) electrons.